The van der Waals surface area contributed by atoms with Crippen molar-refractivity contribution >= 4 is 0 Å². The van der Waals surface area contributed by atoms with Gasteiger partial charge in [0.05, 0.1) is 11.5 Å². The quantitative estimate of drug-likeness (QED) is 0.748. The zero-order valence-corrected chi connectivity index (χ0v) is 8.97. The highest BCUT2D eigenvalue weighted by Gasteiger charge is 2.34. The van der Waals surface area contributed by atoms with Gasteiger partial charge in [-0.1, -0.05) is 25.0 Å². The molecule has 0 N–H and O–H groups in total. The van der Waals surface area contributed by atoms with E-state index in [1.165, 1.54) is 6.07 Å². The summed E-state index contributed by atoms with van der Waals surface area (Å²) in [5.74, 6) is -1.63. The Hall–Kier alpha value is -1.43. The predicted molar refractivity (Wildman–Crippen MR) is 56.6 cm³/mol. The van der Waals surface area contributed by atoms with Gasteiger partial charge in [0.15, 0.2) is 11.6 Å². The van der Waals surface area contributed by atoms with Crippen LogP contribution in [0.2, 0.25) is 0 Å². The summed E-state index contributed by atoms with van der Waals surface area (Å²) in [5, 5.41) is 9.17. The zero-order valence-electron chi connectivity index (χ0n) is 8.97. The molecule has 3 heteroatoms. The first kappa shape index (κ1) is 11.1. The molecule has 1 fully saturated rings. The average Bonchev–Trinajstić information content (AvgIpc) is 2.74. The molecule has 84 valence electrons. The average molecular weight is 221 g/mol. The van der Waals surface area contributed by atoms with Gasteiger partial charge in [0, 0.05) is 0 Å². The second-order valence-corrected chi connectivity index (χ2v) is 4.49. The maximum absolute atomic E-state index is 13.5. The van der Waals surface area contributed by atoms with E-state index >= 15 is 0 Å². The van der Waals surface area contributed by atoms with Gasteiger partial charge >= 0.3 is 0 Å². The van der Waals surface area contributed by atoms with Crippen molar-refractivity contribution in [3.05, 3.63) is 35.4 Å². The lowest BCUT2D eigenvalue weighted by Gasteiger charge is -2.20. The third kappa shape index (κ3) is 1.92. The summed E-state index contributed by atoms with van der Waals surface area (Å²) in [7, 11) is 0. The summed E-state index contributed by atoms with van der Waals surface area (Å²) < 4.78 is 26.5. The molecular weight excluding hydrogens is 208 g/mol. The van der Waals surface area contributed by atoms with E-state index in [9.17, 15) is 14.0 Å². The van der Waals surface area contributed by atoms with Crippen molar-refractivity contribution in [2.75, 3.05) is 0 Å². The number of rotatable bonds is 2. The fourth-order valence-corrected chi connectivity index (χ4v) is 2.43. The SMILES string of the molecule is N#CC1(Cc2cccc(F)c2F)CCCC1. The lowest BCUT2D eigenvalue weighted by molar-refractivity contribution is 0.393. The van der Waals surface area contributed by atoms with Crippen LogP contribution in [-0.4, -0.2) is 0 Å². The van der Waals surface area contributed by atoms with Crippen LogP contribution in [0.25, 0.3) is 0 Å². The molecule has 1 aliphatic carbocycles. The van der Waals surface area contributed by atoms with E-state index in [1.807, 2.05) is 0 Å². The Morgan fingerprint density at radius 3 is 2.56 bits per heavy atom. The van der Waals surface area contributed by atoms with Crippen LogP contribution < -0.4 is 0 Å². The van der Waals surface area contributed by atoms with Gasteiger partial charge in [-0.05, 0) is 30.9 Å². The Labute approximate surface area is 93.7 Å². The standard InChI is InChI=1S/C13H13F2N/c14-11-5-3-4-10(12(11)15)8-13(9-16)6-1-2-7-13/h3-5H,1-2,6-8H2. The summed E-state index contributed by atoms with van der Waals surface area (Å²) in [5.41, 5.74) is -0.155. The first-order valence-corrected chi connectivity index (χ1v) is 5.51. The Morgan fingerprint density at radius 1 is 1.25 bits per heavy atom. The predicted octanol–water partition coefficient (Wildman–Crippen LogP) is 3.59. The van der Waals surface area contributed by atoms with Crippen LogP contribution in [0.4, 0.5) is 8.78 Å². The molecule has 16 heavy (non-hydrogen) atoms. The number of halogens is 2. The Bertz CT molecular complexity index is 428. The highest BCUT2D eigenvalue weighted by Crippen LogP contribution is 2.40. The molecular formula is C13H13F2N. The van der Waals surface area contributed by atoms with Gasteiger partial charge in [-0.2, -0.15) is 5.26 Å². The van der Waals surface area contributed by atoms with Gasteiger partial charge < -0.3 is 0 Å². The fourth-order valence-electron chi connectivity index (χ4n) is 2.43. The number of benzene rings is 1. The third-order valence-electron chi connectivity index (χ3n) is 3.36. The summed E-state index contributed by atoms with van der Waals surface area (Å²) in [6, 6.07) is 6.45. The van der Waals surface area contributed by atoms with Crippen LogP contribution in [-0.2, 0) is 6.42 Å². The van der Waals surface area contributed by atoms with E-state index in [-0.39, 0.29) is 0 Å². The minimum absolute atomic E-state index is 0.323. The molecule has 1 aliphatic rings. The van der Waals surface area contributed by atoms with Crippen LogP contribution in [0.1, 0.15) is 31.2 Å². The first-order chi connectivity index (χ1) is 7.67. The van der Waals surface area contributed by atoms with Crippen LogP contribution in [0.5, 0.6) is 0 Å². The van der Waals surface area contributed by atoms with E-state index in [2.05, 4.69) is 6.07 Å². The molecule has 0 unspecified atom stereocenters. The summed E-state index contributed by atoms with van der Waals surface area (Å²) in [6.07, 6.45) is 3.92. The lowest BCUT2D eigenvalue weighted by atomic mass is 9.81. The van der Waals surface area contributed by atoms with E-state index in [0.29, 0.717) is 12.0 Å². The minimum Gasteiger partial charge on any atom is -0.204 e. The molecule has 0 spiro atoms. The van der Waals surface area contributed by atoms with Gasteiger partial charge in [-0.25, -0.2) is 8.78 Å². The molecule has 0 saturated heterocycles. The van der Waals surface area contributed by atoms with Gasteiger partial charge in [0.1, 0.15) is 0 Å². The maximum atomic E-state index is 13.5. The summed E-state index contributed by atoms with van der Waals surface area (Å²) in [4.78, 5) is 0. The molecule has 1 aromatic rings. The molecule has 0 aromatic heterocycles. The fraction of sp³-hybridized carbons (Fsp3) is 0.462. The minimum atomic E-state index is -0.830. The van der Waals surface area contributed by atoms with Crippen LogP contribution in [0.15, 0.2) is 18.2 Å². The third-order valence-corrected chi connectivity index (χ3v) is 3.36. The van der Waals surface area contributed by atoms with Crippen molar-refractivity contribution in [3.8, 4) is 6.07 Å². The Kier molecular flexibility index (Phi) is 2.91. The number of nitrogens with zero attached hydrogens (tertiary/aromatic N) is 1. The van der Waals surface area contributed by atoms with Crippen molar-refractivity contribution < 1.29 is 8.78 Å². The molecule has 0 aliphatic heterocycles. The molecule has 0 atom stereocenters. The Balaban J connectivity index is 2.27. The monoisotopic (exact) mass is 221 g/mol. The molecule has 2 rings (SSSR count). The van der Waals surface area contributed by atoms with Crippen LogP contribution in [0, 0.1) is 28.4 Å². The molecule has 0 amide bonds. The van der Waals surface area contributed by atoms with E-state index in [0.717, 1.165) is 31.7 Å². The maximum Gasteiger partial charge on any atom is 0.162 e. The second kappa shape index (κ2) is 4.21. The van der Waals surface area contributed by atoms with Gasteiger partial charge in [-0.15, -0.1) is 0 Å². The van der Waals surface area contributed by atoms with Crippen molar-refractivity contribution in [1.82, 2.24) is 0 Å². The molecule has 1 nitrogen and oxygen atoms in total. The van der Waals surface area contributed by atoms with Crippen molar-refractivity contribution in [2.24, 2.45) is 5.41 Å². The normalized spacial score (nSPS) is 18.3. The zero-order chi connectivity index (χ0) is 11.6. The van der Waals surface area contributed by atoms with Crippen molar-refractivity contribution in [1.29, 1.82) is 5.26 Å². The van der Waals surface area contributed by atoms with Crippen LogP contribution in [0.3, 0.4) is 0 Å². The van der Waals surface area contributed by atoms with Gasteiger partial charge in [0.25, 0.3) is 0 Å². The van der Waals surface area contributed by atoms with E-state index in [4.69, 9.17) is 0 Å². The molecule has 0 radical (unpaired) electrons. The van der Waals surface area contributed by atoms with Crippen molar-refractivity contribution in [2.45, 2.75) is 32.1 Å². The van der Waals surface area contributed by atoms with Crippen LogP contribution >= 0.6 is 0 Å². The first-order valence-electron chi connectivity index (χ1n) is 5.51. The van der Waals surface area contributed by atoms with Crippen molar-refractivity contribution in [3.63, 3.8) is 0 Å². The second-order valence-electron chi connectivity index (χ2n) is 4.49. The van der Waals surface area contributed by atoms with Gasteiger partial charge in [-0.3, -0.25) is 0 Å². The number of hydrogen-bond acceptors (Lipinski definition) is 1. The molecule has 1 saturated carbocycles. The summed E-state index contributed by atoms with van der Waals surface area (Å²) in [6.45, 7) is 0. The van der Waals surface area contributed by atoms with Gasteiger partial charge in [0.2, 0.25) is 0 Å². The number of hydrogen-bond donors (Lipinski definition) is 0. The van der Waals surface area contributed by atoms with E-state index in [1.54, 1.807) is 6.07 Å². The largest absolute Gasteiger partial charge is 0.204 e. The lowest BCUT2D eigenvalue weighted by Crippen LogP contribution is -2.18. The smallest absolute Gasteiger partial charge is 0.162 e. The molecule has 0 bridgehead atoms. The number of nitriles is 1. The van der Waals surface area contributed by atoms with E-state index < -0.39 is 17.0 Å². The topological polar surface area (TPSA) is 23.8 Å². The molecule has 0 heterocycles. The summed E-state index contributed by atoms with van der Waals surface area (Å²) >= 11 is 0. The Morgan fingerprint density at radius 2 is 1.94 bits per heavy atom. The highest BCUT2D eigenvalue weighted by atomic mass is 19.2. The molecule has 1 aromatic carbocycles. The highest BCUT2D eigenvalue weighted by molar-refractivity contribution is 5.23.